The molecule has 0 bridgehead atoms. The standard InChI is InChI=1S/C10H12N2O2S2/c13-9-8-6-4-2-1-3-5-7(6)15-10(8)12-16(14)11-9/h12H,1-5H2,(H,11,13)/t16-/m0/s1. The molecular weight excluding hydrogens is 244 g/mol. The first-order valence-electron chi connectivity index (χ1n) is 5.39. The number of carbonyl (C=O) groups excluding carboxylic acids is 1. The predicted octanol–water partition coefficient (Wildman–Crippen LogP) is 1.75. The van der Waals surface area contributed by atoms with Crippen molar-refractivity contribution < 1.29 is 9.00 Å². The minimum absolute atomic E-state index is 0.188. The van der Waals surface area contributed by atoms with E-state index < -0.39 is 11.2 Å². The molecule has 1 amide bonds. The van der Waals surface area contributed by atoms with E-state index >= 15 is 0 Å². The number of aryl methyl sites for hydroxylation is 1. The van der Waals surface area contributed by atoms with Crippen LogP contribution in [-0.4, -0.2) is 10.1 Å². The highest BCUT2D eigenvalue weighted by Gasteiger charge is 2.29. The quantitative estimate of drug-likeness (QED) is 0.695. The van der Waals surface area contributed by atoms with Crippen LogP contribution in [0.1, 0.15) is 40.1 Å². The van der Waals surface area contributed by atoms with E-state index in [1.807, 2.05) is 0 Å². The average molecular weight is 256 g/mol. The zero-order chi connectivity index (χ0) is 11.1. The van der Waals surface area contributed by atoms with Crippen LogP contribution in [0.4, 0.5) is 5.00 Å². The van der Waals surface area contributed by atoms with Gasteiger partial charge in [-0.25, -0.2) is 4.21 Å². The van der Waals surface area contributed by atoms with Gasteiger partial charge in [-0.05, 0) is 31.2 Å². The summed E-state index contributed by atoms with van der Waals surface area (Å²) in [6.07, 6.45) is 5.60. The first-order valence-corrected chi connectivity index (χ1v) is 7.36. The van der Waals surface area contributed by atoms with Crippen molar-refractivity contribution in [2.24, 2.45) is 0 Å². The van der Waals surface area contributed by atoms with Crippen LogP contribution in [0.2, 0.25) is 0 Å². The zero-order valence-electron chi connectivity index (χ0n) is 8.67. The van der Waals surface area contributed by atoms with Gasteiger partial charge in [-0.3, -0.25) is 14.2 Å². The van der Waals surface area contributed by atoms with Gasteiger partial charge in [0.25, 0.3) is 5.91 Å². The fourth-order valence-corrected chi connectivity index (χ4v) is 4.42. The van der Waals surface area contributed by atoms with Gasteiger partial charge in [-0.2, -0.15) is 0 Å². The molecule has 3 rings (SSSR count). The minimum Gasteiger partial charge on any atom is -0.278 e. The third-order valence-electron chi connectivity index (χ3n) is 3.02. The summed E-state index contributed by atoms with van der Waals surface area (Å²) in [4.78, 5) is 13.1. The van der Waals surface area contributed by atoms with E-state index in [9.17, 15) is 9.00 Å². The van der Waals surface area contributed by atoms with E-state index in [4.69, 9.17) is 0 Å². The largest absolute Gasteiger partial charge is 0.278 e. The average Bonchev–Trinajstić information content (AvgIpc) is 2.42. The second-order valence-corrected chi connectivity index (χ2v) is 6.12. The molecule has 2 heterocycles. The smallest absolute Gasteiger partial charge is 0.267 e. The Labute approximate surface area is 100 Å². The third kappa shape index (κ3) is 1.56. The lowest BCUT2D eigenvalue weighted by atomic mass is 10.1. The number of anilines is 1. The Bertz CT molecular complexity index is 481. The van der Waals surface area contributed by atoms with Crippen LogP contribution in [0.3, 0.4) is 0 Å². The summed E-state index contributed by atoms with van der Waals surface area (Å²) in [6.45, 7) is 0. The second kappa shape index (κ2) is 3.85. The lowest BCUT2D eigenvalue weighted by Gasteiger charge is -2.14. The Morgan fingerprint density at radius 2 is 1.94 bits per heavy atom. The summed E-state index contributed by atoms with van der Waals surface area (Å²) in [5.74, 6) is -0.188. The molecular formula is C10H12N2O2S2. The highest BCUT2D eigenvalue weighted by atomic mass is 32.2. The van der Waals surface area contributed by atoms with Crippen molar-refractivity contribution in [2.75, 3.05) is 4.72 Å². The molecule has 0 fully saturated rings. The number of hydrogen-bond donors (Lipinski definition) is 2. The van der Waals surface area contributed by atoms with Gasteiger partial charge in [0.15, 0.2) is 0 Å². The molecule has 0 spiro atoms. The molecule has 2 N–H and O–H groups in total. The van der Waals surface area contributed by atoms with Gasteiger partial charge in [0.2, 0.25) is 11.2 Å². The lowest BCUT2D eigenvalue weighted by Crippen LogP contribution is -2.35. The Balaban J connectivity index is 2.12. The van der Waals surface area contributed by atoms with E-state index in [0.717, 1.165) is 29.8 Å². The summed E-state index contributed by atoms with van der Waals surface area (Å²) in [6, 6.07) is 0. The highest BCUT2D eigenvalue weighted by molar-refractivity contribution is 7.85. The van der Waals surface area contributed by atoms with Gasteiger partial charge in [-0.1, -0.05) is 6.42 Å². The van der Waals surface area contributed by atoms with E-state index in [1.165, 1.54) is 23.3 Å². The summed E-state index contributed by atoms with van der Waals surface area (Å²) < 4.78 is 16.5. The molecule has 0 radical (unpaired) electrons. The van der Waals surface area contributed by atoms with Crippen molar-refractivity contribution in [1.82, 2.24) is 4.72 Å². The predicted molar refractivity (Wildman–Crippen MR) is 64.8 cm³/mol. The first-order chi connectivity index (χ1) is 7.75. The third-order valence-corrected chi connectivity index (χ3v) is 5.12. The Morgan fingerprint density at radius 3 is 2.81 bits per heavy atom. The number of hydrogen-bond acceptors (Lipinski definition) is 3. The van der Waals surface area contributed by atoms with Crippen LogP contribution in [0.15, 0.2) is 0 Å². The summed E-state index contributed by atoms with van der Waals surface area (Å²) in [5, 5.41) is 0.786. The number of amides is 1. The first kappa shape index (κ1) is 10.3. The molecule has 1 aliphatic heterocycles. The number of thiophene rings is 1. The van der Waals surface area contributed by atoms with Crippen LogP contribution >= 0.6 is 11.3 Å². The second-order valence-electron chi connectivity index (χ2n) is 4.07. The van der Waals surface area contributed by atoms with Crippen molar-refractivity contribution in [2.45, 2.75) is 32.1 Å². The van der Waals surface area contributed by atoms with Gasteiger partial charge in [0, 0.05) is 4.88 Å². The molecule has 0 saturated heterocycles. The van der Waals surface area contributed by atoms with E-state index in [-0.39, 0.29) is 5.91 Å². The maximum Gasteiger partial charge on any atom is 0.267 e. The summed E-state index contributed by atoms with van der Waals surface area (Å²) in [5.41, 5.74) is 1.92. The molecule has 1 aliphatic carbocycles. The molecule has 86 valence electrons. The molecule has 0 unspecified atom stereocenters. The number of fused-ring (bicyclic) bond motifs is 3. The molecule has 0 saturated carbocycles. The van der Waals surface area contributed by atoms with Crippen LogP contribution in [-0.2, 0) is 24.0 Å². The molecule has 6 heteroatoms. The van der Waals surface area contributed by atoms with Gasteiger partial charge in [-0.15, -0.1) is 11.3 Å². The van der Waals surface area contributed by atoms with Crippen LogP contribution < -0.4 is 9.44 Å². The van der Waals surface area contributed by atoms with Crippen molar-refractivity contribution in [3.8, 4) is 0 Å². The number of carbonyl (C=O) groups is 1. The van der Waals surface area contributed by atoms with Gasteiger partial charge >= 0.3 is 0 Å². The Hall–Kier alpha value is -0.880. The molecule has 2 aliphatic rings. The SMILES string of the molecule is O=C1N[S@](=O)Nc2sc3c(c21)CCCCC3. The highest BCUT2D eigenvalue weighted by Crippen LogP contribution is 2.38. The molecule has 0 aromatic carbocycles. The van der Waals surface area contributed by atoms with E-state index in [0.29, 0.717) is 0 Å². The summed E-state index contributed by atoms with van der Waals surface area (Å²) >= 11 is 0.140. The van der Waals surface area contributed by atoms with Gasteiger partial charge < -0.3 is 0 Å². The topological polar surface area (TPSA) is 58.2 Å². The molecule has 1 atom stereocenters. The normalized spacial score (nSPS) is 23.8. The molecule has 4 nitrogen and oxygen atoms in total. The zero-order valence-corrected chi connectivity index (χ0v) is 10.3. The monoisotopic (exact) mass is 256 g/mol. The van der Waals surface area contributed by atoms with Crippen molar-refractivity contribution in [3.05, 3.63) is 16.0 Å². The summed E-state index contributed by atoms with van der Waals surface area (Å²) in [7, 11) is 0. The van der Waals surface area contributed by atoms with Crippen LogP contribution in [0, 0.1) is 0 Å². The minimum atomic E-state index is -1.45. The van der Waals surface area contributed by atoms with Crippen molar-refractivity contribution in [3.63, 3.8) is 0 Å². The Kier molecular flexibility index (Phi) is 2.48. The maximum atomic E-state index is 11.8. The van der Waals surface area contributed by atoms with Gasteiger partial charge in [0.05, 0.1) is 5.56 Å². The van der Waals surface area contributed by atoms with Crippen molar-refractivity contribution >= 4 is 33.4 Å². The van der Waals surface area contributed by atoms with E-state index in [1.54, 1.807) is 11.3 Å². The van der Waals surface area contributed by atoms with Crippen molar-refractivity contribution in [1.29, 1.82) is 0 Å². The molecule has 16 heavy (non-hydrogen) atoms. The fraction of sp³-hybridized carbons (Fsp3) is 0.500. The Morgan fingerprint density at radius 1 is 1.12 bits per heavy atom. The number of rotatable bonds is 0. The maximum absolute atomic E-state index is 11.8. The lowest BCUT2D eigenvalue weighted by molar-refractivity contribution is 0.0982. The number of nitrogens with one attached hydrogen (secondary N) is 2. The molecule has 1 aromatic heterocycles. The molecule has 1 aromatic rings. The van der Waals surface area contributed by atoms with E-state index in [2.05, 4.69) is 9.44 Å². The van der Waals surface area contributed by atoms with Crippen LogP contribution in [0.5, 0.6) is 0 Å². The van der Waals surface area contributed by atoms with Gasteiger partial charge in [0.1, 0.15) is 5.00 Å². The fourth-order valence-electron chi connectivity index (χ4n) is 2.30. The van der Waals surface area contributed by atoms with Crippen LogP contribution in [0.25, 0.3) is 0 Å².